The Bertz CT molecular complexity index is 565. The van der Waals surface area contributed by atoms with Crippen LogP contribution in [0.15, 0.2) is 64.5 Å². The molecule has 0 aromatic carbocycles. The molecule has 132 valence electrons. The summed E-state index contributed by atoms with van der Waals surface area (Å²) in [5.41, 5.74) is 4.43. The van der Waals surface area contributed by atoms with Crippen LogP contribution in [0.5, 0.6) is 0 Å². The minimum atomic E-state index is 0.0284. The lowest BCUT2D eigenvalue weighted by molar-refractivity contribution is 0.284. The Labute approximate surface area is 146 Å². The number of allylic oxidation sites excluding steroid dienone is 7. The van der Waals surface area contributed by atoms with Gasteiger partial charge in [0.05, 0.1) is 6.17 Å². The van der Waals surface area contributed by atoms with Crippen molar-refractivity contribution in [2.75, 3.05) is 13.2 Å². The highest BCUT2D eigenvalue weighted by Gasteiger charge is 2.13. The van der Waals surface area contributed by atoms with Gasteiger partial charge < -0.3 is 10.4 Å². The summed E-state index contributed by atoms with van der Waals surface area (Å²) >= 11 is 0. The van der Waals surface area contributed by atoms with Gasteiger partial charge in [0.1, 0.15) is 0 Å². The van der Waals surface area contributed by atoms with Crippen molar-refractivity contribution in [3.8, 4) is 0 Å². The number of nitrogens with one attached hydrogen (secondary N) is 2. The van der Waals surface area contributed by atoms with E-state index in [1.807, 2.05) is 37.6 Å². The first-order valence-corrected chi connectivity index (χ1v) is 8.55. The molecule has 0 bridgehead atoms. The Balaban J connectivity index is 2.88. The standard InChI is InChI=1S/C20H31N3O/c1-15(2)17(4)20(19-9-6-7-11-23-19)16(3)10-13-22-18(5)21-12-8-14-24/h6-7,9-11,13,15,18,21,23-24H,4,8,12,14H2,1-3,5H3/b16-10+,20-19-,22-13-. The van der Waals surface area contributed by atoms with Crippen molar-refractivity contribution < 1.29 is 5.11 Å². The number of hydrogen-bond donors (Lipinski definition) is 3. The van der Waals surface area contributed by atoms with Crippen LogP contribution in [-0.4, -0.2) is 30.6 Å². The molecule has 0 aliphatic carbocycles. The van der Waals surface area contributed by atoms with Crippen molar-refractivity contribution >= 4 is 6.21 Å². The molecule has 0 saturated heterocycles. The Hall–Kier alpha value is -1.91. The number of aliphatic imine (C=N–C) groups is 1. The van der Waals surface area contributed by atoms with Crippen LogP contribution in [0.25, 0.3) is 0 Å². The summed E-state index contributed by atoms with van der Waals surface area (Å²) in [6.45, 7) is 13.6. The average molecular weight is 329 g/mol. The molecule has 4 nitrogen and oxygen atoms in total. The maximum Gasteiger partial charge on any atom is 0.0965 e. The fraction of sp³-hybridized carbons (Fsp3) is 0.450. The van der Waals surface area contributed by atoms with Gasteiger partial charge in [-0.3, -0.25) is 10.3 Å². The molecule has 4 heteroatoms. The monoisotopic (exact) mass is 329 g/mol. The largest absolute Gasteiger partial charge is 0.396 e. The molecule has 1 rings (SSSR count). The van der Waals surface area contributed by atoms with Crippen molar-refractivity contribution in [2.24, 2.45) is 10.9 Å². The quantitative estimate of drug-likeness (QED) is 0.448. The van der Waals surface area contributed by atoms with E-state index in [0.29, 0.717) is 5.92 Å². The molecule has 0 spiro atoms. The van der Waals surface area contributed by atoms with Crippen LogP contribution in [-0.2, 0) is 0 Å². The van der Waals surface area contributed by atoms with E-state index in [4.69, 9.17) is 5.11 Å². The van der Waals surface area contributed by atoms with Crippen molar-refractivity contribution in [1.82, 2.24) is 10.6 Å². The highest BCUT2D eigenvalue weighted by atomic mass is 16.3. The molecule has 3 N–H and O–H groups in total. The number of rotatable bonds is 9. The molecule has 1 atom stereocenters. The Morgan fingerprint density at radius 1 is 1.38 bits per heavy atom. The Morgan fingerprint density at radius 3 is 2.71 bits per heavy atom. The fourth-order valence-corrected chi connectivity index (χ4v) is 2.29. The molecule has 1 aliphatic rings. The van der Waals surface area contributed by atoms with Crippen molar-refractivity contribution in [3.63, 3.8) is 0 Å². The van der Waals surface area contributed by atoms with Gasteiger partial charge in [-0.1, -0.05) is 26.5 Å². The summed E-state index contributed by atoms with van der Waals surface area (Å²) in [5, 5.41) is 15.3. The molecule has 0 saturated carbocycles. The third-order valence-electron chi connectivity index (χ3n) is 3.80. The van der Waals surface area contributed by atoms with Crippen LogP contribution in [0.1, 0.15) is 34.1 Å². The summed E-state index contributed by atoms with van der Waals surface area (Å²) in [5.74, 6) is 0.368. The molecular formula is C20H31N3O. The highest BCUT2D eigenvalue weighted by Crippen LogP contribution is 2.27. The van der Waals surface area contributed by atoms with E-state index >= 15 is 0 Å². The number of hydrogen-bond acceptors (Lipinski definition) is 4. The van der Waals surface area contributed by atoms with E-state index in [2.05, 4.69) is 49.1 Å². The first kappa shape index (κ1) is 20.1. The highest BCUT2D eigenvalue weighted by molar-refractivity contribution is 5.75. The van der Waals surface area contributed by atoms with E-state index < -0.39 is 0 Å². The maximum atomic E-state index is 8.79. The third-order valence-corrected chi connectivity index (χ3v) is 3.80. The molecule has 1 unspecified atom stereocenters. The number of aliphatic hydroxyl groups is 1. The van der Waals surface area contributed by atoms with Gasteiger partial charge in [0.15, 0.2) is 0 Å². The predicted octanol–water partition coefficient (Wildman–Crippen LogP) is 3.46. The minimum Gasteiger partial charge on any atom is -0.396 e. The zero-order valence-electron chi connectivity index (χ0n) is 15.3. The molecule has 24 heavy (non-hydrogen) atoms. The van der Waals surface area contributed by atoms with E-state index in [1.165, 1.54) is 0 Å². The van der Waals surface area contributed by atoms with E-state index in [-0.39, 0.29) is 12.8 Å². The van der Waals surface area contributed by atoms with E-state index in [1.54, 1.807) is 0 Å². The Kier molecular flexibility index (Phi) is 9.05. The average Bonchev–Trinajstić information content (AvgIpc) is 2.56. The molecular weight excluding hydrogens is 298 g/mol. The van der Waals surface area contributed by atoms with Gasteiger partial charge in [-0.05, 0) is 62.1 Å². The predicted molar refractivity (Wildman–Crippen MR) is 104 cm³/mol. The summed E-state index contributed by atoms with van der Waals surface area (Å²) < 4.78 is 0. The summed E-state index contributed by atoms with van der Waals surface area (Å²) in [6, 6.07) is 0. The van der Waals surface area contributed by atoms with Crippen molar-refractivity contribution in [1.29, 1.82) is 0 Å². The molecule has 0 radical (unpaired) electrons. The Morgan fingerprint density at radius 2 is 2.12 bits per heavy atom. The summed E-state index contributed by atoms with van der Waals surface area (Å²) in [4.78, 5) is 4.47. The lowest BCUT2D eigenvalue weighted by atomic mass is 9.89. The van der Waals surface area contributed by atoms with Crippen LogP contribution in [0.3, 0.4) is 0 Å². The van der Waals surface area contributed by atoms with Gasteiger partial charge in [0, 0.05) is 30.3 Å². The topological polar surface area (TPSA) is 56.7 Å². The smallest absolute Gasteiger partial charge is 0.0965 e. The van der Waals surface area contributed by atoms with Gasteiger partial charge in [-0.15, -0.1) is 0 Å². The van der Waals surface area contributed by atoms with Crippen molar-refractivity contribution in [2.45, 2.75) is 40.3 Å². The maximum absolute atomic E-state index is 8.79. The molecule has 1 heterocycles. The second-order valence-electron chi connectivity index (χ2n) is 6.19. The summed E-state index contributed by atoms with van der Waals surface area (Å²) in [6.07, 6.45) is 12.6. The third kappa shape index (κ3) is 6.69. The number of nitrogens with zero attached hydrogens (tertiary/aromatic N) is 1. The van der Waals surface area contributed by atoms with Crippen molar-refractivity contribution in [3.05, 3.63) is 59.5 Å². The van der Waals surface area contributed by atoms with E-state index in [0.717, 1.165) is 35.4 Å². The first-order chi connectivity index (χ1) is 11.5. The van der Waals surface area contributed by atoms with Crippen LogP contribution in [0, 0.1) is 5.92 Å². The van der Waals surface area contributed by atoms with E-state index in [9.17, 15) is 0 Å². The van der Waals surface area contributed by atoms with Gasteiger partial charge in [0.2, 0.25) is 0 Å². The minimum absolute atomic E-state index is 0.0284. The summed E-state index contributed by atoms with van der Waals surface area (Å²) in [7, 11) is 0. The van der Waals surface area contributed by atoms with Crippen LogP contribution >= 0.6 is 0 Å². The normalized spacial score (nSPS) is 18.2. The zero-order valence-corrected chi connectivity index (χ0v) is 15.3. The lowest BCUT2D eigenvalue weighted by Gasteiger charge is -2.20. The van der Waals surface area contributed by atoms with Crippen LogP contribution < -0.4 is 10.6 Å². The molecule has 0 fully saturated rings. The van der Waals surface area contributed by atoms with Gasteiger partial charge >= 0.3 is 0 Å². The first-order valence-electron chi connectivity index (χ1n) is 8.55. The molecule has 0 aromatic rings. The van der Waals surface area contributed by atoms with Crippen LogP contribution in [0.2, 0.25) is 0 Å². The second-order valence-corrected chi connectivity index (χ2v) is 6.19. The van der Waals surface area contributed by atoms with Gasteiger partial charge in [0.25, 0.3) is 0 Å². The zero-order chi connectivity index (χ0) is 17.9. The second kappa shape index (κ2) is 10.8. The fourth-order valence-electron chi connectivity index (χ4n) is 2.29. The molecule has 1 aliphatic heterocycles. The SMILES string of the molecule is C=C(C(/C(C)=C/C=N\C(C)NCCCO)=C1/C=CC=CN1)C(C)C. The molecule has 0 aromatic heterocycles. The lowest BCUT2D eigenvalue weighted by Crippen LogP contribution is -2.25. The van der Waals surface area contributed by atoms with Crippen LogP contribution in [0.4, 0.5) is 0 Å². The molecule has 0 amide bonds. The number of dihydropyridines is 1. The number of aliphatic hydroxyl groups excluding tert-OH is 1. The van der Waals surface area contributed by atoms with Gasteiger partial charge in [-0.25, -0.2) is 0 Å². The van der Waals surface area contributed by atoms with Gasteiger partial charge in [-0.2, -0.15) is 0 Å².